The topological polar surface area (TPSA) is 69.6 Å². The summed E-state index contributed by atoms with van der Waals surface area (Å²) >= 11 is 3.12. The Balaban J connectivity index is 2.71. The Kier molecular flexibility index (Phi) is 5.24. The van der Waals surface area contributed by atoms with Crippen LogP contribution in [0.5, 0.6) is 0 Å². The van der Waals surface area contributed by atoms with Gasteiger partial charge >= 0.3 is 5.97 Å². The zero-order valence-corrected chi connectivity index (χ0v) is 13.0. The van der Waals surface area contributed by atoms with Crippen molar-refractivity contribution in [2.75, 3.05) is 18.9 Å². The monoisotopic (exact) mass is 346 g/mol. The SMILES string of the molecule is CN(CC(=O)Nc1ccc(Br)cc1F)C(C)(C)C(=O)O. The summed E-state index contributed by atoms with van der Waals surface area (Å²) in [5, 5.41) is 11.5. The van der Waals surface area contributed by atoms with Crippen LogP contribution in [0.3, 0.4) is 0 Å². The predicted octanol–water partition coefficient (Wildman–Crippen LogP) is 2.32. The fourth-order valence-electron chi connectivity index (χ4n) is 1.36. The minimum Gasteiger partial charge on any atom is -0.480 e. The van der Waals surface area contributed by atoms with Gasteiger partial charge in [-0.25, -0.2) is 4.39 Å². The minimum absolute atomic E-state index is 0.0553. The molecule has 0 unspecified atom stereocenters. The lowest BCUT2D eigenvalue weighted by Crippen LogP contribution is -2.50. The van der Waals surface area contributed by atoms with Gasteiger partial charge in [0.25, 0.3) is 0 Å². The van der Waals surface area contributed by atoms with E-state index in [1.54, 1.807) is 6.07 Å². The first kappa shape index (κ1) is 16.6. The Morgan fingerprint density at radius 1 is 1.45 bits per heavy atom. The van der Waals surface area contributed by atoms with E-state index in [0.29, 0.717) is 4.47 Å². The molecule has 0 fully saturated rings. The van der Waals surface area contributed by atoms with E-state index >= 15 is 0 Å². The van der Waals surface area contributed by atoms with Gasteiger partial charge in [0, 0.05) is 4.47 Å². The molecule has 0 atom stereocenters. The van der Waals surface area contributed by atoms with Crippen LogP contribution in [0.1, 0.15) is 13.8 Å². The summed E-state index contributed by atoms with van der Waals surface area (Å²) in [5.41, 5.74) is -1.13. The van der Waals surface area contributed by atoms with Crippen LogP contribution in [0.25, 0.3) is 0 Å². The number of nitrogens with zero attached hydrogens (tertiary/aromatic N) is 1. The van der Waals surface area contributed by atoms with Gasteiger partial charge in [0.2, 0.25) is 5.91 Å². The molecule has 2 N–H and O–H groups in total. The molecule has 0 aromatic heterocycles. The highest BCUT2D eigenvalue weighted by Crippen LogP contribution is 2.19. The van der Waals surface area contributed by atoms with Gasteiger partial charge in [0.15, 0.2) is 0 Å². The lowest BCUT2D eigenvalue weighted by molar-refractivity contribution is -0.148. The van der Waals surface area contributed by atoms with E-state index in [0.717, 1.165) is 0 Å². The maximum Gasteiger partial charge on any atom is 0.323 e. The van der Waals surface area contributed by atoms with Gasteiger partial charge in [0.05, 0.1) is 12.2 Å². The molecule has 0 aliphatic heterocycles. The van der Waals surface area contributed by atoms with Crippen LogP contribution in [0.15, 0.2) is 22.7 Å². The van der Waals surface area contributed by atoms with Crippen molar-refractivity contribution in [3.63, 3.8) is 0 Å². The number of rotatable bonds is 5. The average molecular weight is 347 g/mol. The van der Waals surface area contributed by atoms with Crippen LogP contribution < -0.4 is 5.32 Å². The van der Waals surface area contributed by atoms with Crippen molar-refractivity contribution in [3.05, 3.63) is 28.5 Å². The maximum absolute atomic E-state index is 13.6. The van der Waals surface area contributed by atoms with E-state index < -0.39 is 23.2 Å². The second-order valence-corrected chi connectivity index (χ2v) is 5.81. The van der Waals surface area contributed by atoms with Crippen LogP contribution in [0.4, 0.5) is 10.1 Å². The molecule has 1 amide bonds. The fraction of sp³-hybridized carbons (Fsp3) is 0.385. The van der Waals surface area contributed by atoms with E-state index in [4.69, 9.17) is 5.11 Å². The molecule has 0 aliphatic carbocycles. The molecule has 0 saturated heterocycles. The molecular weight excluding hydrogens is 331 g/mol. The maximum atomic E-state index is 13.6. The van der Waals surface area contributed by atoms with Crippen molar-refractivity contribution >= 4 is 33.5 Å². The standard InChI is InChI=1S/C13H16BrFN2O3/c1-13(2,12(19)20)17(3)7-11(18)16-10-5-4-8(14)6-9(10)15/h4-6H,7H2,1-3H3,(H,16,18)(H,19,20). The quantitative estimate of drug-likeness (QED) is 0.858. The summed E-state index contributed by atoms with van der Waals surface area (Å²) in [6, 6.07) is 4.27. The molecule has 7 heteroatoms. The number of likely N-dealkylation sites (N-methyl/N-ethyl adjacent to an activating group) is 1. The summed E-state index contributed by atoms with van der Waals surface area (Å²) in [6.45, 7) is 2.82. The molecule has 0 heterocycles. The summed E-state index contributed by atoms with van der Waals surface area (Å²) < 4.78 is 14.1. The van der Waals surface area contributed by atoms with Crippen molar-refractivity contribution in [1.82, 2.24) is 4.90 Å². The van der Waals surface area contributed by atoms with Gasteiger partial charge in [0.1, 0.15) is 11.4 Å². The average Bonchev–Trinajstić information content (AvgIpc) is 2.32. The first-order chi connectivity index (χ1) is 9.14. The second kappa shape index (κ2) is 6.32. The number of amides is 1. The van der Waals surface area contributed by atoms with Gasteiger partial charge in [-0.05, 0) is 39.1 Å². The molecule has 110 valence electrons. The molecule has 0 radical (unpaired) electrons. The van der Waals surface area contributed by atoms with Gasteiger partial charge < -0.3 is 10.4 Å². The highest BCUT2D eigenvalue weighted by molar-refractivity contribution is 9.10. The van der Waals surface area contributed by atoms with Crippen molar-refractivity contribution in [2.45, 2.75) is 19.4 Å². The summed E-state index contributed by atoms with van der Waals surface area (Å²) in [5.74, 6) is -2.08. The number of anilines is 1. The number of carbonyl (C=O) groups excluding carboxylic acids is 1. The predicted molar refractivity (Wildman–Crippen MR) is 77.1 cm³/mol. The number of carboxylic acids is 1. The third kappa shape index (κ3) is 4.01. The van der Waals surface area contributed by atoms with Crippen molar-refractivity contribution in [2.24, 2.45) is 0 Å². The van der Waals surface area contributed by atoms with Crippen LogP contribution in [-0.2, 0) is 9.59 Å². The van der Waals surface area contributed by atoms with E-state index in [1.165, 1.54) is 37.9 Å². The Morgan fingerprint density at radius 3 is 2.55 bits per heavy atom. The first-order valence-corrected chi connectivity index (χ1v) is 6.63. The number of hydrogen-bond acceptors (Lipinski definition) is 3. The van der Waals surface area contributed by atoms with Crippen LogP contribution in [0.2, 0.25) is 0 Å². The van der Waals surface area contributed by atoms with Crippen LogP contribution in [0, 0.1) is 5.82 Å². The zero-order valence-electron chi connectivity index (χ0n) is 11.4. The molecule has 0 spiro atoms. The molecule has 0 aliphatic rings. The summed E-state index contributed by atoms with van der Waals surface area (Å²) in [4.78, 5) is 24.2. The number of carboxylic acid groups (broad SMARTS) is 1. The molecule has 5 nitrogen and oxygen atoms in total. The summed E-state index contributed by atoms with van der Waals surface area (Å²) in [7, 11) is 1.52. The van der Waals surface area contributed by atoms with Crippen molar-refractivity contribution in [1.29, 1.82) is 0 Å². The smallest absolute Gasteiger partial charge is 0.323 e. The molecule has 20 heavy (non-hydrogen) atoms. The highest BCUT2D eigenvalue weighted by atomic mass is 79.9. The molecule has 1 aromatic carbocycles. The Labute approximate surface area is 124 Å². The van der Waals surface area contributed by atoms with E-state index in [9.17, 15) is 14.0 Å². The Bertz CT molecular complexity index is 534. The number of nitrogens with one attached hydrogen (secondary N) is 1. The van der Waals surface area contributed by atoms with Gasteiger partial charge in [-0.1, -0.05) is 15.9 Å². The van der Waals surface area contributed by atoms with Crippen LogP contribution >= 0.6 is 15.9 Å². The normalized spacial score (nSPS) is 11.5. The number of carbonyl (C=O) groups is 2. The fourth-order valence-corrected chi connectivity index (χ4v) is 1.69. The lowest BCUT2D eigenvalue weighted by Gasteiger charge is -2.30. The van der Waals surface area contributed by atoms with E-state index in [2.05, 4.69) is 21.2 Å². The van der Waals surface area contributed by atoms with Gasteiger partial charge in [-0.3, -0.25) is 14.5 Å². The minimum atomic E-state index is -1.18. The lowest BCUT2D eigenvalue weighted by atomic mass is 10.0. The second-order valence-electron chi connectivity index (χ2n) is 4.89. The molecular formula is C13H16BrFN2O3. The molecule has 0 saturated carbocycles. The molecule has 1 aromatic rings. The summed E-state index contributed by atoms with van der Waals surface area (Å²) in [6.07, 6.45) is 0. The van der Waals surface area contributed by atoms with E-state index in [1.807, 2.05) is 0 Å². The largest absolute Gasteiger partial charge is 0.480 e. The zero-order chi connectivity index (χ0) is 15.5. The van der Waals surface area contributed by atoms with Crippen molar-refractivity contribution < 1.29 is 19.1 Å². The highest BCUT2D eigenvalue weighted by Gasteiger charge is 2.33. The number of aliphatic carboxylic acids is 1. The molecule has 1 rings (SSSR count). The van der Waals surface area contributed by atoms with Crippen LogP contribution in [-0.4, -0.2) is 41.0 Å². The number of hydrogen-bond donors (Lipinski definition) is 2. The number of halogens is 2. The third-order valence-electron chi connectivity index (χ3n) is 3.06. The Morgan fingerprint density at radius 2 is 2.05 bits per heavy atom. The molecule has 0 bridgehead atoms. The van der Waals surface area contributed by atoms with Gasteiger partial charge in [-0.2, -0.15) is 0 Å². The first-order valence-electron chi connectivity index (χ1n) is 5.84. The van der Waals surface area contributed by atoms with Gasteiger partial charge in [-0.15, -0.1) is 0 Å². The third-order valence-corrected chi connectivity index (χ3v) is 3.56. The Hall–Kier alpha value is -1.47. The van der Waals surface area contributed by atoms with Crippen molar-refractivity contribution in [3.8, 4) is 0 Å². The van der Waals surface area contributed by atoms with E-state index in [-0.39, 0.29) is 12.2 Å². The number of benzene rings is 1.